The fourth-order valence-corrected chi connectivity index (χ4v) is 2.64. The largest absolute Gasteiger partial charge is 0.508 e. The number of hydrogen-bond donors (Lipinski definition) is 3. The van der Waals surface area contributed by atoms with Crippen molar-refractivity contribution in [2.24, 2.45) is 4.99 Å². The van der Waals surface area contributed by atoms with Crippen LogP contribution in [-0.2, 0) is 21.4 Å². The van der Waals surface area contributed by atoms with E-state index >= 15 is 0 Å². The van der Waals surface area contributed by atoms with Gasteiger partial charge < -0.3 is 15.7 Å². The fourth-order valence-electron chi connectivity index (χ4n) is 2.64. The van der Waals surface area contributed by atoms with Crippen LogP contribution in [0.2, 0.25) is 0 Å². The van der Waals surface area contributed by atoms with Crippen molar-refractivity contribution in [1.29, 1.82) is 0 Å². The molecule has 6 nitrogen and oxygen atoms in total. The van der Waals surface area contributed by atoms with Gasteiger partial charge in [0.15, 0.2) is 0 Å². The van der Waals surface area contributed by atoms with Crippen LogP contribution < -0.4 is 10.6 Å². The molecule has 29 heavy (non-hydrogen) atoms. The zero-order valence-electron chi connectivity index (χ0n) is 18.5. The van der Waals surface area contributed by atoms with Crippen molar-refractivity contribution in [3.63, 3.8) is 0 Å². The van der Waals surface area contributed by atoms with Crippen LogP contribution >= 0.6 is 0 Å². The number of aromatic hydroxyl groups is 1. The summed E-state index contributed by atoms with van der Waals surface area (Å²) in [6, 6.07) is 5.28. The number of nitrogens with zero attached hydrogens (tertiary/aromatic N) is 1. The molecule has 3 N–H and O–H groups in total. The van der Waals surface area contributed by atoms with Gasteiger partial charge in [-0.3, -0.25) is 14.6 Å². The lowest BCUT2D eigenvalue weighted by molar-refractivity contribution is -0.120. The van der Waals surface area contributed by atoms with E-state index in [1.54, 1.807) is 19.1 Å². The molecule has 0 atom stereocenters. The highest BCUT2D eigenvalue weighted by Crippen LogP contribution is 2.31. The smallest absolute Gasteiger partial charge is 0.270 e. The number of phenols is 1. The average Bonchev–Trinajstić information content (AvgIpc) is 2.55. The molecule has 2 amide bonds. The van der Waals surface area contributed by atoms with Crippen molar-refractivity contribution in [2.45, 2.75) is 65.8 Å². The summed E-state index contributed by atoms with van der Waals surface area (Å²) >= 11 is 0. The Morgan fingerprint density at radius 2 is 1.79 bits per heavy atom. The number of amides is 2. The molecule has 1 rings (SSSR count). The van der Waals surface area contributed by atoms with Gasteiger partial charge in [0.2, 0.25) is 5.91 Å². The van der Waals surface area contributed by atoms with Crippen molar-refractivity contribution in [3.05, 3.63) is 52.9 Å². The molecule has 0 aliphatic heterocycles. The van der Waals surface area contributed by atoms with E-state index < -0.39 is 5.54 Å². The molecule has 0 saturated heterocycles. The second-order valence-corrected chi connectivity index (χ2v) is 8.96. The summed E-state index contributed by atoms with van der Waals surface area (Å²) in [6.45, 7) is 16.8. The van der Waals surface area contributed by atoms with Gasteiger partial charge in [-0.2, -0.15) is 0 Å². The van der Waals surface area contributed by atoms with Crippen molar-refractivity contribution in [3.8, 4) is 5.75 Å². The van der Waals surface area contributed by atoms with Gasteiger partial charge in [-0.1, -0.05) is 39.0 Å². The van der Waals surface area contributed by atoms with Gasteiger partial charge in [0, 0.05) is 11.2 Å². The third-order valence-electron chi connectivity index (χ3n) is 4.01. The molecule has 6 heteroatoms. The molecule has 0 unspecified atom stereocenters. The molecule has 0 aliphatic carbocycles. The summed E-state index contributed by atoms with van der Waals surface area (Å²) in [5.74, 6) is -0.466. The van der Waals surface area contributed by atoms with Gasteiger partial charge in [-0.15, -0.1) is 0 Å². The molecule has 0 bridgehead atoms. The topological polar surface area (TPSA) is 90.8 Å². The Bertz CT molecular complexity index is 838. The van der Waals surface area contributed by atoms with Crippen molar-refractivity contribution in [1.82, 2.24) is 10.6 Å². The van der Waals surface area contributed by atoms with Crippen molar-refractivity contribution < 1.29 is 14.7 Å². The first-order chi connectivity index (χ1) is 13.3. The van der Waals surface area contributed by atoms with Crippen LogP contribution in [0.1, 0.15) is 59.6 Å². The van der Waals surface area contributed by atoms with E-state index in [9.17, 15) is 14.7 Å². The summed E-state index contributed by atoms with van der Waals surface area (Å²) in [6.07, 6.45) is 3.24. The van der Waals surface area contributed by atoms with Crippen LogP contribution in [0.15, 0.2) is 46.7 Å². The second-order valence-electron chi connectivity index (χ2n) is 8.96. The van der Waals surface area contributed by atoms with E-state index in [1.165, 1.54) is 6.08 Å². The second kappa shape index (κ2) is 9.54. The quantitative estimate of drug-likeness (QED) is 0.386. The summed E-state index contributed by atoms with van der Waals surface area (Å²) in [4.78, 5) is 28.5. The SMILES string of the molecule is C=N/C(=C\C(=C/C)NC(=O)Cc1ccc(C(C)(C)C)c(O)c1)C(=O)NC(C)(C)C. The summed E-state index contributed by atoms with van der Waals surface area (Å²) < 4.78 is 0. The summed E-state index contributed by atoms with van der Waals surface area (Å²) in [5.41, 5.74) is 1.47. The van der Waals surface area contributed by atoms with E-state index in [0.29, 0.717) is 11.3 Å². The van der Waals surface area contributed by atoms with E-state index in [2.05, 4.69) is 22.3 Å². The highest BCUT2D eigenvalue weighted by Gasteiger charge is 2.19. The molecule has 158 valence electrons. The lowest BCUT2D eigenvalue weighted by Gasteiger charge is -2.21. The van der Waals surface area contributed by atoms with Crippen LogP contribution in [0.3, 0.4) is 0 Å². The molecule has 1 aromatic rings. The van der Waals surface area contributed by atoms with Gasteiger partial charge in [0.05, 0.1) is 6.42 Å². The molecular formula is C23H33N3O3. The molecule has 0 heterocycles. The number of phenolic OH excluding ortho intramolecular Hbond substituents is 1. The highest BCUT2D eigenvalue weighted by molar-refractivity contribution is 5.95. The van der Waals surface area contributed by atoms with E-state index in [1.807, 2.05) is 53.7 Å². The number of allylic oxidation sites excluding steroid dienone is 2. The Kier molecular flexibility index (Phi) is 7.95. The number of nitrogens with one attached hydrogen (secondary N) is 2. The maximum absolute atomic E-state index is 12.4. The molecule has 0 radical (unpaired) electrons. The Hall–Kier alpha value is -2.89. The van der Waals surface area contributed by atoms with Gasteiger partial charge in [0.25, 0.3) is 5.91 Å². The molecule has 0 spiro atoms. The molecule has 0 aromatic heterocycles. The molecule has 1 aromatic carbocycles. The Morgan fingerprint density at radius 1 is 1.17 bits per heavy atom. The first-order valence-corrected chi connectivity index (χ1v) is 9.56. The lowest BCUT2D eigenvalue weighted by Crippen LogP contribution is -2.41. The summed E-state index contributed by atoms with van der Waals surface area (Å²) in [5, 5.41) is 15.8. The number of benzene rings is 1. The third-order valence-corrected chi connectivity index (χ3v) is 4.01. The Balaban J connectivity index is 2.90. The minimum Gasteiger partial charge on any atom is -0.508 e. The van der Waals surface area contributed by atoms with Crippen LogP contribution in [0.4, 0.5) is 0 Å². The predicted octanol–water partition coefficient (Wildman–Crippen LogP) is 3.75. The standard InChI is InChI=1S/C23H33N3O3/c1-9-16(14-18(24-8)21(29)26-23(5,6)7)25-20(28)13-15-10-11-17(19(27)12-15)22(2,3)4/h9-12,14,27H,8,13H2,1-7H3,(H,25,28)(H,26,29)/b16-9+,18-14-. The van der Waals surface area contributed by atoms with Crippen molar-refractivity contribution in [2.75, 3.05) is 0 Å². The molecular weight excluding hydrogens is 366 g/mol. The van der Waals surface area contributed by atoms with Crippen molar-refractivity contribution >= 4 is 18.5 Å². The van der Waals surface area contributed by atoms with Gasteiger partial charge >= 0.3 is 0 Å². The lowest BCUT2D eigenvalue weighted by atomic mass is 9.85. The monoisotopic (exact) mass is 399 g/mol. The predicted molar refractivity (Wildman–Crippen MR) is 118 cm³/mol. The molecule has 0 aliphatic rings. The highest BCUT2D eigenvalue weighted by atomic mass is 16.3. The number of rotatable bonds is 6. The first-order valence-electron chi connectivity index (χ1n) is 9.56. The summed E-state index contributed by atoms with van der Waals surface area (Å²) in [7, 11) is 0. The normalized spacial score (nSPS) is 13.1. The number of aliphatic imine (C=N–C) groups is 1. The van der Waals surface area contributed by atoms with E-state index in [-0.39, 0.29) is 35.1 Å². The zero-order valence-corrected chi connectivity index (χ0v) is 18.5. The number of hydrogen-bond acceptors (Lipinski definition) is 4. The van der Waals surface area contributed by atoms with Crippen LogP contribution in [0, 0.1) is 0 Å². The Labute approximate surface area is 173 Å². The fraction of sp³-hybridized carbons (Fsp3) is 0.435. The average molecular weight is 400 g/mol. The maximum Gasteiger partial charge on any atom is 0.270 e. The van der Waals surface area contributed by atoms with Crippen LogP contribution in [0.5, 0.6) is 5.75 Å². The third kappa shape index (κ3) is 7.94. The van der Waals surface area contributed by atoms with E-state index in [0.717, 1.165) is 5.56 Å². The van der Waals surface area contributed by atoms with E-state index in [4.69, 9.17) is 0 Å². The number of carbonyl (C=O) groups is 2. The van der Waals surface area contributed by atoms with Crippen LogP contribution in [0.25, 0.3) is 0 Å². The Morgan fingerprint density at radius 3 is 2.24 bits per heavy atom. The van der Waals surface area contributed by atoms with Gasteiger partial charge in [-0.25, -0.2) is 0 Å². The molecule has 0 saturated carbocycles. The first kappa shape index (κ1) is 24.1. The minimum atomic E-state index is -0.415. The minimum absolute atomic E-state index is 0.0915. The number of carbonyl (C=O) groups excluding carboxylic acids is 2. The van der Waals surface area contributed by atoms with Gasteiger partial charge in [-0.05, 0) is 63.1 Å². The maximum atomic E-state index is 12.4. The van der Waals surface area contributed by atoms with Crippen LogP contribution in [-0.4, -0.2) is 29.2 Å². The molecule has 0 fully saturated rings. The van der Waals surface area contributed by atoms with Gasteiger partial charge in [0.1, 0.15) is 11.4 Å². The zero-order chi connectivity index (χ0) is 22.4.